The Balaban J connectivity index is 2.60. The number of aromatic nitrogens is 2. The van der Waals surface area contributed by atoms with Crippen LogP contribution in [0.2, 0.25) is 0 Å². The van der Waals surface area contributed by atoms with Crippen LogP contribution in [0.25, 0.3) is 11.1 Å². The summed E-state index contributed by atoms with van der Waals surface area (Å²) < 4.78 is 0. The average molecular weight is 232 g/mol. The molecule has 3 N–H and O–H groups in total. The van der Waals surface area contributed by atoms with E-state index in [1.54, 1.807) is 6.20 Å². The molecule has 0 saturated heterocycles. The first kappa shape index (κ1) is 10.9. The van der Waals surface area contributed by atoms with Crippen LogP contribution in [0.5, 0.6) is 0 Å². The molecule has 0 radical (unpaired) electrons. The summed E-state index contributed by atoms with van der Waals surface area (Å²) in [4.78, 5) is 21.8. The van der Waals surface area contributed by atoms with Gasteiger partial charge in [-0.15, -0.1) is 0 Å². The van der Waals surface area contributed by atoms with Gasteiger partial charge < -0.3 is 10.2 Å². The van der Waals surface area contributed by atoms with Gasteiger partial charge in [0, 0.05) is 11.8 Å². The lowest BCUT2D eigenvalue weighted by atomic mass is 10.0. The first-order chi connectivity index (χ1) is 8.08. The Labute approximate surface area is 95.5 Å². The van der Waals surface area contributed by atoms with E-state index in [0.717, 1.165) is 6.07 Å². The second-order valence-electron chi connectivity index (χ2n) is 3.40. The molecule has 6 heteroatoms. The van der Waals surface area contributed by atoms with Gasteiger partial charge in [0.25, 0.3) is 0 Å². The van der Waals surface area contributed by atoms with Crippen molar-refractivity contribution >= 4 is 11.9 Å². The molecule has 0 aliphatic rings. The molecular weight excluding hydrogens is 224 g/mol. The molecule has 2 rings (SSSR count). The zero-order valence-electron chi connectivity index (χ0n) is 8.54. The molecule has 0 saturated carbocycles. The van der Waals surface area contributed by atoms with Crippen molar-refractivity contribution in [3.05, 3.63) is 41.7 Å². The number of nitrogens with zero attached hydrogens (tertiary/aromatic N) is 1. The van der Waals surface area contributed by atoms with E-state index < -0.39 is 11.9 Å². The lowest BCUT2D eigenvalue weighted by Crippen LogP contribution is -2.02. The predicted octanol–water partition coefficient (Wildman–Crippen LogP) is 1.47. The van der Waals surface area contributed by atoms with Gasteiger partial charge in [0.2, 0.25) is 0 Å². The smallest absolute Gasteiger partial charge is 0.335 e. The van der Waals surface area contributed by atoms with Gasteiger partial charge in [0.05, 0.1) is 17.3 Å². The molecule has 0 aliphatic heterocycles. The fourth-order valence-electron chi connectivity index (χ4n) is 1.45. The summed E-state index contributed by atoms with van der Waals surface area (Å²) >= 11 is 0. The number of aromatic carboxylic acids is 2. The number of rotatable bonds is 3. The zero-order valence-corrected chi connectivity index (χ0v) is 8.54. The summed E-state index contributed by atoms with van der Waals surface area (Å²) in [6.45, 7) is 0. The molecule has 0 aliphatic carbocycles. The standard InChI is InChI=1S/C11H8N2O4/c14-10(15)7-1-6(9-4-12-13-5-9)2-8(3-7)11(16)17/h1-5H,(H,12,13)(H,14,15)(H,16,17). The molecule has 0 fully saturated rings. The number of carbonyl (C=O) groups is 2. The summed E-state index contributed by atoms with van der Waals surface area (Å²) in [5.41, 5.74) is 0.994. The SMILES string of the molecule is O=C(O)c1cc(C(=O)O)cc(-c2cn[nH]c2)c1. The number of nitrogens with one attached hydrogen (secondary N) is 1. The Bertz CT molecular complexity index is 543. The van der Waals surface area contributed by atoms with E-state index in [1.807, 2.05) is 0 Å². The predicted molar refractivity (Wildman–Crippen MR) is 57.9 cm³/mol. The molecule has 1 aromatic carbocycles. The van der Waals surface area contributed by atoms with Crippen molar-refractivity contribution in [3.63, 3.8) is 0 Å². The molecule has 0 atom stereocenters. The summed E-state index contributed by atoms with van der Waals surface area (Å²) in [7, 11) is 0. The van der Waals surface area contributed by atoms with Gasteiger partial charge in [-0.3, -0.25) is 5.10 Å². The second-order valence-corrected chi connectivity index (χ2v) is 3.40. The number of hydrogen-bond acceptors (Lipinski definition) is 3. The third kappa shape index (κ3) is 2.15. The summed E-state index contributed by atoms with van der Waals surface area (Å²) in [6.07, 6.45) is 3.05. The van der Waals surface area contributed by atoms with Crippen molar-refractivity contribution in [1.29, 1.82) is 0 Å². The van der Waals surface area contributed by atoms with E-state index in [0.29, 0.717) is 11.1 Å². The molecule has 1 aromatic heterocycles. The van der Waals surface area contributed by atoms with E-state index in [4.69, 9.17) is 10.2 Å². The van der Waals surface area contributed by atoms with Crippen LogP contribution < -0.4 is 0 Å². The van der Waals surface area contributed by atoms with E-state index in [2.05, 4.69) is 10.2 Å². The normalized spacial score (nSPS) is 10.1. The molecule has 2 aromatic rings. The van der Waals surface area contributed by atoms with E-state index in [1.165, 1.54) is 18.3 Å². The van der Waals surface area contributed by atoms with Crippen LogP contribution in [0.3, 0.4) is 0 Å². The first-order valence-electron chi connectivity index (χ1n) is 4.69. The largest absolute Gasteiger partial charge is 0.478 e. The highest BCUT2D eigenvalue weighted by atomic mass is 16.4. The average Bonchev–Trinajstić information content (AvgIpc) is 2.81. The Morgan fingerprint density at radius 1 is 1.00 bits per heavy atom. The van der Waals surface area contributed by atoms with Gasteiger partial charge in [0.15, 0.2) is 0 Å². The Morgan fingerprint density at radius 2 is 1.59 bits per heavy atom. The Morgan fingerprint density at radius 3 is 2.00 bits per heavy atom. The molecule has 6 nitrogen and oxygen atoms in total. The van der Waals surface area contributed by atoms with Crippen LogP contribution in [-0.4, -0.2) is 32.3 Å². The fourth-order valence-corrected chi connectivity index (χ4v) is 1.45. The number of benzene rings is 1. The minimum Gasteiger partial charge on any atom is -0.478 e. The van der Waals surface area contributed by atoms with Gasteiger partial charge in [0.1, 0.15) is 0 Å². The van der Waals surface area contributed by atoms with Crippen LogP contribution in [0.15, 0.2) is 30.6 Å². The van der Waals surface area contributed by atoms with Gasteiger partial charge >= 0.3 is 11.9 Å². The van der Waals surface area contributed by atoms with Crippen LogP contribution in [-0.2, 0) is 0 Å². The van der Waals surface area contributed by atoms with Crippen LogP contribution in [0.1, 0.15) is 20.7 Å². The van der Waals surface area contributed by atoms with Gasteiger partial charge in [-0.05, 0) is 23.8 Å². The molecule has 0 bridgehead atoms. The minimum atomic E-state index is -1.17. The molecule has 1 heterocycles. The highest BCUT2D eigenvalue weighted by Crippen LogP contribution is 2.21. The van der Waals surface area contributed by atoms with Gasteiger partial charge in [-0.1, -0.05) is 0 Å². The maximum Gasteiger partial charge on any atom is 0.335 e. The topological polar surface area (TPSA) is 103 Å². The zero-order chi connectivity index (χ0) is 12.4. The van der Waals surface area contributed by atoms with Crippen molar-refractivity contribution in [2.45, 2.75) is 0 Å². The van der Waals surface area contributed by atoms with Crippen LogP contribution in [0, 0.1) is 0 Å². The van der Waals surface area contributed by atoms with Crippen LogP contribution in [0.4, 0.5) is 0 Å². The first-order valence-corrected chi connectivity index (χ1v) is 4.69. The van der Waals surface area contributed by atoms with Crippen molar-refractivity contribution in [3.8, 4) is 11.1 Å². The highest BCUT2D eigenvalue weighted by molar-refractivity contribution is 5.96. The lowest BCUT2D eigenvalue weighted by Gasteiger charge is -2.03. The molecule has 86 valence electrons. The number of hydrogen-bond donors (Lipinski definition) is 3. The van der Waals surface area contributed by atoms with Crippen LogP contribution >= 0.6 is 0 Å². The third-order valence-electron chi connectivity index (χ3n) is 2.26. The lowest BCUT2D eigenvalue weighted by molar-refractivity contribution is 0.0696. The van der Waals surface area contributed by atoms with Crippen molar-refractivity contribution in [1.82, 2.24) is 10.2 Å². The summed E-state index contributed by atoms with van der Waals surface area (Å²) in [5, 5.41) is 24.1. The quantitative estimate of drug-likeness (QED) is 0.743. The van der Waals surface area contributed by atoms with Gasteiger partial charge in [-0.2, -0.15) is 5.10 Å². The molecule has 0 spiro atoms. The Hall–Kier alpha value is -2.63. The number of carboxylic acids is 2. The maximum atomic E-state index is 10.9. The number of H-pyrrole nitrogens is 1. The molecule has 0 unspecified atom stereocenters. The van der Waals surface area contributed by atoms with Gasteiger partial charge in [-0.25, -0.2) is 9.59 Å². The molecular formula is C11H8N2O4. The molecule has 0 amide bonds. The highest BCUT2D eigenvalue weighted by Gasteiger charge is 2.12. The monoisotopic (exact) mass is 232 g/mol. The van der Waals surface area contributed by atoms with Crippen molar-refractivity contribution in [2.75, 3.05) is 0 Å². The third-order valence-corrected chi connectivity index (χ3v) is 2.26. The maximum absolute atomic E-state index is 10.9. The summed E-state index contributed by atoms with van der Waals surface area (Å²) in [5.74, 6) is -2.34. The Kier molecular flexibility index (Phi) is 2.61. The van der Waals surface area contributed by atoms with E-state index in [-0.39, 0.29) is 11.1 Å². The number of carboxylic acid groups (broad SMARTS) is 2. The molecule has 17 heavy (non-hydrogen) atoms. The summed E-state index contributed by atoms with van der Waals surface area (Å²) in [6, 6.07) is 3.92. The fraction of sp³-hybridized carbons (Fsp3) is 0. The van der Waals surface area contributed by atoms with E-state index >= 15 is 0 Å². The second kappa shape index (κ2) is 4.09. The van der Waals surface area contributed by atoms with Crippen molar-refractivity contribution < 1.29 is 19.8 Å². The number of aromatic amines is 1. The van der Waals surface area contributed by atoms with Crippen molar-refractivity contribution in [2.24, 2.45) is 0 Å². The van der Waals surface area contributed by atoms with E-state index in [9.17, 15) is 9.59 Å². The minimum absolute atomic E-state index is 0.0684.